The number of ether oxygens (including phenoxy) is 1. The summed E-state index contributed by atoms with van der Waals surface area (Å²) in [5, 5.41) is 9.30. The van der Waals surface area contributed by atoms with Crippen molar-refractivity contribution in [2.75, 3.05) is 20.3 Å². The number of hydrogen-bond donors (Lipinski definition) is 2. The lowest BCUT2D eigenvalue weighted by Gasteiger charge is -2.18. The minimum atomic E-state index is -0.403. The van der Waals surface area contributed by atoms with Crippen molar-refractivity contribution in [2.45, 2.75) is 19.4 Å². The number of hydrogen-bond acceptors (Lipinski definition) is 3. The molecular weight excluding hydrogens is 130 g/mol. The summed E-state index contributed by atoms with van der Waals surface area (Å²) in [6.07, 6.45) is 0.501. The van der Waals surface area contributed by atoms with Gasteiger partial charge in [0, 0.05) is 7.11 Å². The minimum absolute atomic E-state index is 0.181. The number of nitrogens with two attached hydrogens (primary N) is 1. The third-order valence-electron chi connectivity index (χ3n) is 1.71. The normalized spacial score (nSPS) is 16.8. The monoisotopic (exact) mass is 147 g/mol. The fourth-order valence-electron chi connectivity index (χ4n) is 0.903. The summed E-state index contributed by atoms with van der Waals surface area (Å²) < 4.78 is 4.78. The van der Waals surface area contributed by atoms with Crippen molar-refractivity contribution in [1.29, 1.82) is 0 Å². The SMILES string of the molecule is CCC(CN)C(O)COC. The van der Waals surface area contributed by atoms with E-state index < -0.39 is 6.10 Å². The maximum Gasteiger partial charge on any atom is 0.0813 e. The van der Waals surface area contributed by atoms with Crippen LogP contribution in [0.1, 0.15) is 13.3 Å². The molecule has 0 fully saturated rings. The second kappa shape index (κ2) is 5.65. The smallest absolute Gasteiger partial charge is 0.0813 e. The van der Waals surface area contributed by atoms with E-state index in [-0.39, 0.29) is 5.92 Å². The second-order valence-corrected chi connectivity index (χ2v) is 2.43. The number of rotatable bonds is 5. The van der Waals surface area contributed by atoms with Crippen molar-refractivity contribution < 1.29 is 9.84 Å². The maximum absolute atomic E-state index is 9.30. The zero-order valence-corrected chi connectivity index (χ0v) is 6.71. The highest BCUT2D eigenvalue weighted by Crippen LogP contribution is 2.06. The largest absolute Gasteiger partial charge is 0.390 e. The van der Waals surface area contributed by atoms with Gasteiger partial charge in [0.05, 0.1) is 12.7 Å². The van der Waals surface area contributed by atoms with Crippen LogP contribution in [0.3, 0.4) is 0 Å². The van der Waals surface area contributed by atoms with Gasteiger partial charge < -0.3 is 15.6 Å². The molecule has 0 aliphatic heterocycles. The summed E-state index contributed by atoms with van der Waals surface area (Å²) in [7, 11) is 1.58. The summed E-state index contributed by atoms with van der Waals surface area (Å²) in [4.78, 5) is 0. The third-order valence-corrected chi connectivity index (χ3v) is 1.71. The predicted octanol–water partition coefficient (Wildman–Crippen LogP) is -0.0214. The molecule has 0 bridgehead atoms. The molecule has 2 unspecified atom stereocenters. The third kappa shape index (κ3) is 3.15. The standard InChI is InChI=1S/C7H17NO2/c1-3-6(4-8)7(9)5-10-2/h6-7,9H,3-5,8H2,1-2H3. The van der Waals surface area contributed by atoms with Gasteiger partial charge in [0.15, 0.2) is 0 Å². The molecule has 0 rings (SSSR count). The van der Waals surface area contributed by atoms with Gasteiger partial charge >= 0.3 is 0 Å². The van der Waals surface area contributed by atoms with E-state index in [0.29, 0.717) is 13.2 Å². The first-order valence-electron chi connectivity index (χ1n) is 3.63. The zero-order chi connectivity index (χ0) is 7.98. The molecule has 3 nitrogen and oxygen atoms in total. The van der Waals surface area contributed by atoms with E-state index in [2.05, 4.69) is 0 Å². The Labute approximate surface area is 62.2 Å². The average molecular weight is 147 g/mol. The molecule has 62 valence electrons. The van der Waals surface area contributed by atoms with E-state index in [9.17, 15) is 5.11 Å². The van der Waals surface area contributed by atoms with Gasteiger partial charge in [0.25, 0.3) is 0 Å². The molecule has 0 amide bonds. The molecule has 10 heavy (non-hydrogen) atoms. The van der Waals surface area contributed by atoms with Gasteiger partial charge in [-0.1, -0.05) is 6.92 Å². The molecule has 3 N–H and O–H groups in total. The highest BCUT2D eigenvalue weighted by atomic mass is 16.5. The summed E-state index contributed by atoms with van der Waals surface area (Å²) >= 11 is 0. The summed E-state index contributed by atoms with van der Waals surface area (Å²) in [6, 6.07) is 0. The highest BCUT2D eigenvalue weighted by Gasteiger charge is 2.14. The first kappa shape index (κ1) is 9.88. The van der Waals surface area contributed by atoms with E-state index in [0.717, 1.165) is 6.42 Å². The molecule has 0 aromatic rings. The average Bonchev–Trinajstić information content (AvgIpc) is 1.91. The Morgan fingerprint density at radius 3 is 2.50 bits per heavy atom. The van der Waals surface area contributed by atoms with E-state index >= 15 is 0 Å². The van der Waals surface area contributed by atoms with Crippen molar-refractivity contribution in [3.8, 4) is 0 Å². The fraction of sp³-hybridized carbons (Fsp3) is 1.00. The van der Waals surface area contributed by atoms with Crippen LogP contribution in [0, 0.1) is 5.92 Å². The van der Waals surface area contributed by atoms with Gasteiger partial charge in [-0.3, -0.25) is 0 Å². The van der Waals surface area contributed by atoms with Crippen LogP contribution in [-0.2, 0) is 4.74 Å². The number of aliphatic hydroxyl groups excluding tert-OH is 1. The first-order valence-corrected chi connectivity index (χ1v) is 3.63. The van der Waals surface area contributed by atoms with Gasteiger partial charge in [0.1, 0.15) is 0 Å². The summed E-state index contributed by atoms with van der Waals surface area (Å²) in [5.41, 5.74) is 5.40. The van der Waals surface area contributed by atoms with Crippen LogP contribution in [0.5, 0.6) is 0 Å². The number of aliphatic hydroxyl groups is 1. The first-order chi connectivity index (χ1) is 4.76. The molecule has 0 saturated carbocycles. The van der Waals surface area contributed by atoms with Crippen molar-refractivity contribution in [1.82, 2.24) is 0 Å². The lowest BCUT2D eigenvalue weighted by Crippen LogP contribution is -2.30. The van der Waals surface area contributed by atoms with E-state index in [1.165, 1.54) is 0 Å². The zero-order valence-electron chi connectivity index (χ0n) is 6.71. The predicted molar refractivity (Wildman–Crippen MR) is 40.7 cm³/mol. The highest BCUT2D eigenvalue weighted by molar-refractivity contribution is 4.66. The molecule has 0 aliphatic rings. The molecule has 0 spiro atoms. The Hall–Kier alpha value is -0.120. The lowest BCUT2D eigenvalue weighted by atomic mass is 10.0. The van der Waals surface area contributed by atoms with Crippen LogP contribution in [0.2, 0.25) is 0 Å². The molecule has 2 atom stereocenters. The van der Waals surface area contributed by atoms with Crippen LogP contribution in [0.4, 0.5) is 0 Å². The van der Waals surface area contributed by atoms with Gasteiger partial charge in [0.2, 0.25) is 0 Å². The molecule has 3 heteroatoms. The van der Waals surface area contributed by atoms with Crippen molar-refractivity contribution in [3.63, 3.8) is 0 Å². The Balaban J connectivity index is 3.53. The molecule has 0 aromatic heterocycles. The van der Waals surface area contributed by atoms with Crippen LogP contribution < -0.4 is 5.73 Å². The minimum Gasteiger partial charge on any atom is -0.390 e. The van der Waals surface area contributed by atoms with Crippen molar-refractivity contribution in [2.24, 2.45) is 11.7 Å². The Kier molecular flexibility index (Phi) is 5.58. The van der Waals surface area contributed by atoms with Crippen LogP contribution in [0.25, 0.3) is 0 Å². The fourth-order valence-corrected chi connectivity index (χ4v) is 0.903. The van der Waals surface area contributed by atoms with Crippen molar-refractivity contribution in [3.05, 3.63) is 0 Å². The van der Waals surface area contributed by atoms with E-state index in [4.69, 9.17) is 10.5 Å². The topological polar surface area (TPSA) is 55.5 Å². The Bertz CT molecular complexity index is 74.0. The second-order valence-electron chi connectivity index (χ2n) is 2.43. The molecular formula is C7H17NO2. The maximum atomic E-state index is 9.30. The molecule has 0 aliphatic carbocycles. The van der Waals surface area contributed by atoms with Gasteiger partial charge in [-0.2, -0.15) is 0 Å². The van der Waals surface area contributed by atoms with Gasteiger partial charge in [-0.25, -0.2) is 0 Å². The molecule has 0 radical (unpaired) electrons. The van der Waals surface area contributed by atoms with E-state index in [1.807, 2.05) is 6.92 Å². The molecule has 0 aromatic carbocycles. The van der Waals surface area contributed by atoms with Gasteiger partial charge in [-0.15, -0.1) is 0 Å². The van der Waals surface area contributed by atoms with E-state index in [1.54, 1.807) is 7.11 Å². The molecule has 0 heterocycles. The number of methoxy groups -OCH3 is 1. The van der Waals surface area contributed by atoms with Crippen LogP contribution >= 0.6 is 0 Å². The Morgan fingerprint density at radius 2 is 2.20 bits per heavy atom. The van der Waals surface area contributed by atoms with Crippen molar-refractivity contribution >= 4 is 0 Å². The van der Waals surface area contributed by atoms with Crippen LogP contribution in [0.15, 0.2) is 0 Å². The van der Waals surface area contributed by atoms with Crippen LogP contribution in [-0.4, -0.2) is 31.5 Å². The lowest BCUT2D eigenvalue weighted by molar-refractivity contribution is 0.0266. The van der Waals surface area contributed by atoms with Gasteiger partial charge in [-0.05, 0) is 18.9 Å². The summed E-state index contributed by atoms with van der Waals surface area (Å²) in [5.74, 6) is 0.181. The summed E-state index contributed by atoms with van der Waals surface area (Å²) in [6.45, 7) is 2.92. The molecule has 0 saturated heterocycles. The quantitative estimate of drug-likeness (QED) is 0.574. The Morgan fingerprint density at radius 1 is 1.60 bits per heavy atom.